The molecule has 0 amide bonds. The Balaban J connectivity index is 2.45. The lowest BCUT2D eigenvalue weighted by Gasteiger charge is -2.05. The quantitative estimate of drug-likeness (QED) is 0.768. The number of rotatable bonds is 4. The molecule has 0 radical (unpaired) electrons. The molecule has 0 saturated carbocycles. The fourth-order valence-electron chi connectivity index (χ4n) is 1.12. The average molecular weight is 307 g/mol. The van der Waals surface area contributed by atoms with Gasteiger partial charge in [-0.2, -0.15) is 0 Å². The van der Waals surface area contributed by atoms with E-state index < -0.39 is 0 Å². The minimum atomic E-state index is 0.631. The molecule has 0 N–H and O–H groups in total. The molecule has 1 aromatic heterocycles. The Morgan fingerprint density at radius 1 is 1.46 bits per heavy atom. The van der Waals surface area contributed by atoms with Crippen LogP contribution in [-0.2, 0) is 6.42 Å². The van der Waals surface area contributed by atoms with Gasteiger partial charge in [-0.25, -0.2) is 0 Å². The molecular formula is C10H13Br2N. The van der Waals surface area contributed by atoms with Crippen LogP contribution in [0.2, 0.25) is 0 Å². The Hall–Kier alpha value is 0.110. The van der Waals surface area contributed by atoms with Gasteiger partial charge in [-0.15, -0.1) is 0 Å². The Morgan fingerprint density at radius 3 is 2.85 bits per heavy atom. The average Bonchev–Trinajstić information content (AvgIpc) is 2.14. The highest BCUT2D eigenvalue weighted by Gasteiger charge is 2.01. The molecule has 13 heavy (non-hydrogen) atoms. The van der Waals surface area contributed by atoms with Crippen molar-refractivity contribution in [2.45, 2.75) is 31.0 Å². The molecule has 0 bridgehead atoms. The van der Waals surface area contributed by atoms with Crippen LogP contribution < -0.4 is 0 Å². The smallest absolute Gasteiger partial charge is 0.0410 e. The van der Waals surface area contributed by atoms with E-state index in [2.05, 4.69) is 49.8 Å². The van der Waals surface area contributed by atoms with E-state index in [9.17, 15) is 0 Å². The van der Waals surface area contributed by atoms with Gasteiger partial charge in [-0.05, 0) is 46.8 Å². The largest absolute Gasteiger partial charge is 0.263 e. The Kier molecular flexibility index (Phi) is 4.96. The summed E-state index contributed by atoms with van der Waals surface area (Å²) in [5.41, 5.74) is 1.30. The maximum atomic E-state index is 4.13. The molecule has 0 aliphatic rings. The van der Waals surface area contributed by atoms with Crippen molar-refractivity contribution >= 4 is 31.9 Å². The second kappa shape index (κ2) is 5.76. The third-order valence-corrected chi connectivity index (χ3v) is 3.49. The first-order chi connectivity index (χ1) is 6.22. The summed E-state index contributed by atoms with van der Waals surface area (Å²) < 4.78 is 1.06. The second-order valence-corrected chi connectivity index (χ2v) is 5.27. The van der Waals surface area contributed by atoms with Gasteiger partial charge in [0.2, 0.25) is 0 Å². The van der Waals surface area contributed by atoms with Gasteiger partial charge >= 0.3 is 0 Å². The van der Waals surface area contributed by atoms with E-state index >= 15 is 0 Å². The van der Waals surface area contributed by atoms with Crippen LogP contribution in [0.4, 0.5) is 0 Å². The molecule has 0 aromatic carbocycles. The molecule has 1 rings (SSSR count). The van der Waals surface area contributed by atoms with Crippen LogP contribution in [-0.4, -0.2) is 9.81 Å². The lowest BCUT2D eigenvalue weighted by molar-refractivity contribution is 0.744. The Labute approximate surface area is 96.2 Å². The van der Waals surface area contributed by atoms with Crippen molar-refractivity contribution in [3.05, 3.63) is 28.5 Å². The van der Waals surface area contributed by atoms with Crippen LogP contribution in [0, 0.1) is 0 Å². The molecule has 0 aliphatic carbocycles. The third kappa shape index (κ3) is 4.23. The monoisotopic (exact) mass is 305 g/mol. The summed E-state index contributed by atoms with van der Waals surface area (Å²) in [5, 5.41) is 0. The number of pyridine rings is 1. The fraction of sp³-hybridized carbons (Fsp3) is 0.500. The number of alkyl halides is 1. The molecule has 1 aromatic rings. The zero-order valence-electron chi connectivity index (χ0n) is 7.63. The summed E-state index contributed by atoms with van der Waals surface area (Å²) in [6.45, 7) is 2.19. The second-order valence-electron chi connectivity index (χ2n) is 3.06. The number of hydrogen-bond donors (Lipinski definition) is 0. The maximum absolute atomic E-state index is 4.13. The predicted molar refractivity (Wildman–Crippen MR) is 63.3 cm³/mol. The van der Waals surface area contributed by atoms with Crippen LogP contribution in [0.5, 0.6) is 0 Å². The lowest BCUT2D eigenvalue weighted by Crippen LogP contribution is -1.98. The van der Waals surface area contributed by atoms with E-state index in [4.69, 9.17) is 0 Å². The summed E-state index contributed by atoms with van der Waals surface area (Å²) in [4.78, 5) is 4.76. The van der Waals surface area contributed by atoms with E-state index in [1.165, 1.54) is 18.4 Å². The van der Waals surface area contributed by atoms with Crippen molar-refractivity contribution in [2.24, 2.45) is 0 Å². The van der Waals surface area contributed by atoms with Gasteiger partial charge in [0.25, 0.3) is 0 Å². The van der Waals surface area contributed by atoms with Crippen molar-refractivity contribution in [1.82, 2.24) is 4.98 Å². The van der Waals surface area contributed by atoms with E-state index in [0.29, 0.717) is 4.83 Å². The number of hydrogen-bond acceptors (Lipinski definition) is 1. The van der Waals surface area contributed by atoms with Crippen LogP contribution in [0.15, 0.2) is 22.9 Å². The highest BCUT2D eigenvalue weighted by molar-refractivity contribution is 9.10. The molecule has 0 spiro atoms. The van der Waals surface area contributed by atoms with Crippen molar-refractivity contribution in [1.29, 1.82) is 0 Å². The fourth-order valence-corrected chi connectivity index (χ4v) is 1.76. The number of aryl methyl sites for hydroxylation is 1. The van der Waals surface area contributed by atoms with E-state index in [-0.39, 0.29) is 0 Å². The van der Waals surface area contributed by atoms with Gasteiger partial charge in [0, 0.05) is 21.7 Å². The number of nitrogens with zero attached hydrogens (tertiary/aromatic N) is 1. The van der Waals surface area contributed by atoms with Gasteiger partial charge in [0.05, 0.1) is 0 Å². The lowest BCUT2D eigenvalue weighted by atomic mass is 10.1. The van der Waals surface area contributed by atoms with Gasteiger partial charge < -0.3 is 0 Å². The molecule has 1 heterocycles. The molecule has 1 nitrogen and oxygen atoms in total. The van der Waals surface area contributed by atoms with E-state index in [1.54, 1.807) is 0 Å². The molecule has 0 saturated heterocycles. The Bertz CT molecular complexity index is 263. The molecule has 0 aliphatic heterocycles. The van der Waals surface area contributed by atoms with E-state index in [0.717, 1.165) is 10.9 Å². The van der Waals surface area contributed by atoms with Gasteiger partial charge in [-0.1, -0.05) is 22.9 Å². The van der Waals surface area contributed by atoms with Crippen molar-refractivity contribution in [2.75, 3.05) is 0 Å². The normalized spacial score (nSPS) is 12.8. The van der Waals surface area contributed by atoms with Gasteiger partial charge in [0.15, 0.2) is 0 Å². The van der Waals surface area contributed by atoms with Gasteiger partial charge in [0.1, 0.15) is 0 Å². The minimum absolute atomic E-state index is 0.631. The highest BCUT2D eigenvalue weighted by Crippen LogP contribution is 2.15. The maximum Gasteiger partial charge on any atom is 0.0410 e. The number of aromatic nitrogens is 1. The Morgan fingerprint density at radius 2 is 2.23 bits per heavy atom. The molecule has 72 valence electrons. The predicted octanol–water partition coefficient (Wildman–Crippen LogP) is 3.95. The molecule has 1 unspecified atom stereocenters. The molecule has 3 heteroatoms. The van der Waals surface area contributed by atoms with Gasteiger partial charge in [-0.3, -0.25) is 4.98 Å². The SMILES string of the molecule is CCC(Br)CCc1cncc(Br)c1. The molecule has 0 fully saturated rings. The molecular weight excluding hydrogens is 294 g/mol. The van der Waals surface area contributed by atoms with Crippen molar-refractivity contribution in [3.8, 4) is 0 Å². The van der Waals surface area contributed by atoms with Crippen LogP contribution in [0.3, 0.4) is 0 Å². The van der Waals surface area contributed by atoms with Crippen LogP contribution >= 0.6 is 31.9 Å². The summed E-state index contributed by atoms with van der Waals surface area (Å²) >= 11 is 7.03. The first-order valence-electron chi connectivity index (χ1n) is 4.46. The van der Waals surface area contributed by atoms with E-state index in [1.807, 2.05) is 12.4 Å². The molecule has 1 atom stereocenters. The standard InChI is InChI=1S/C10H13Br2N/c1-2-9(11)4-3-8-5-10(12)7-13-6-8/h5-7,9H,2-4H2,1H3. The minimum Gasteiger partial charge on any atom is -0.263 e. The number of halogens is 2. The van der Waals surface area contributed by atoms with Crippen molar-refractivity contribution in [3.63, 3.8) is 0 Å². The van der Waals surface area contributed by atoms with Crippen molar-refractivity contribution < 1.29 is 0 Å². The summed E-state index contributed by atoms with van der Waals surface area (Å²) in [6.07, 6.45) is 7.20. The first kappa shape index (κ1) is 11.2. The van der Waals surface area contributed by atoms with Crippen LogP contribution in [0.25, 0.3) is 0 Å². The zero-order valence-corrected chi connectivity index (χ0v) is 10.8. The summed E-state index contributed by atoms with van der Waals surface area (Å²) in [7, 11) is 0. The first-order valence-corrected chi connectivity index (χ1v) is 6.16. The van der Waals surface area contributed by atoms with Crippen LogP contribution in [0.1, 0.15) is 25.3 Å². The highest BCUT2D eigenvalue weighted by atomic mass is 79.9. The zero-order chi connectivity index (χ0) is 9.68. The summed E-state index contributed by atoms with van der Waals surface area (Å²) in [6, 6.07) is 2.13. The summed E-state index contributed by atoms with van der Waals surface area (Å²) in [5.74, 6) is 0. The topological polar surface area (TPSA) is 12.9 Å². The third-order valence-electron chi connectivity index (χ3n) is 1.95.